The summed E-state index contributed by atoms with van der Waals surface area (Å²) in [6.07, 6.45) is 0.255. The van der Waals surface area contributed by atoms with Crippen molar-refractivity contribution in [1.29, 1.82) is 0 Å². The van der Waals surface area contributed by atoms with Crippen molar-refractivity contribution in [3.05, 3.63) is 29.8 Å². The number of carbonyl (C=O) groups is 2. The van der Waals surface area contributed by atoms with Crippen LogP contribution in [0.1, 0.15) is 23.7 Å². The Morgan fingerprint density at radius 3 is 2.32 bits per heavy atom. The van der Waals surface area contributed by atoms with E-state index in [0.717, 1.165) is 0 Å². The number of rotatable bonds is 8. The van der Waals surface area contributed by atoms with Crippen LogP contribution in [0.5, 0.6) is 0 Å². The lowest BCUT2D eigenvalue weighted by Crippen LogP contribution is -2.40. The Balaban J connectivity index is 2.84. The molecule has 1 rings (SSSR count). The molecule has 0 aliphatic rings. The number of methoxy groups -OCH3 is 1. The molecular weight excluding hydrogens is 310 g/mol. The standard InChI is InChI=1S/C14H19NO6S/c1-3-12(14(17)18)15-13(16)10-4-6-11(7-5-10)22(19,20)9-8-21-2/h4-7,12H,3,8-9H2,1-2H3,(H,15,16)(H,17,18). The van der Waals surface area contributed by atoms with E-state index in [1.807, 2.05) is 0 Å². The van der Waals surface area contributed by atoms with Crippen molar-refractivity contribution in [2.45, 2.75) is 24.3 Å². The molecule has 0 saturated carbocycles. The van der Waals surface area contributed by atoms with Crippen LogP contribution in [0.3, 0.4) is 0 Å². The first-order valence-corrected chi connectivity index (χ1v) is 8.32. The molecule has 1 atom stereocenters. The highest BCUT2D eigenvalue weighted by Crippen LogP contribution is 2.13. The van der Waals surface area contributed by atoms with Gasteiger partial charge in [-0.25, -0.2) is 13.2 Å². The number of nitrogens with one attached hydrogen (secondary N) is 1. The van der Waals surface area contributed by atoms with E-state index >= 15 is 0 Å². The topological polar surface area (TPSA) is 110 Å². The fourth-order valence-corrected chi connectivity index (χ4v) is 2.88. The van der Waals surface area contributed by atoms with Gasteiger partial charge in [-0.15, -0.1) is 0 Å². The molecule has 0 saturated heterocycles. The molecule has 0 aromatic heterocycles. The average molecular weight is 329 g/mol. The van der Waals surface area contributed by atoms with E-state index in [4.69, 9.17) is 9.84 Å². The maximum Gasteiger partial charge on any atom is 0.326 e. The van der Waals surface area contributed by atoms with Crippen molar-refractivity contribution in [2.24, 2.45) is 0 Å². The highest BCUT2D eigenvalue weighted by Gasteiger charge is 2.19. The summed E-state index contributed by atoms with van der Waals surface area (Å²) < 4.78 is 28.6. The van der Waals surface area contributed by atoms with E-state index in [-0.39, 0.29) is 29.2 Å². The number of sulfone groups is 1. The average Bonchev–Trinajstić information content (AvgIpc) is 2.50. The molecule has 8 heteroatoms. The molecule has 0 spiro atoms. The maximum absolute atomic E-state index is 11.9. The van der Waals surface area contributed by atoms with Crippen molar-refractivity contribution in [3.63, 3.8) is 0 Å². The zero-order chi connectivity index (χ0) is 16.8. The Hall–Kier alpha value is -1.93. The summed E-state index contributed by atoms with van der Waals surface area (Å²) in [5.74, 6) is -1.82. The first-order chi connectivity index (χ1) is 10.3. The lowest BCUT2D eigenvalue weighted by atomic mass is 10.1. The van der Waals surface area contributed by atoms with Crippen LogP contribution >= 0.6 is 0 Å². The SMILES string of the molecule is CCC(NC(=O)c1ccc(S(=O)(=O)CCOC)cc1)C(=O)O. The lowest BCUT2D eigenvalue weighted by Gasteiger charge is -2.12. The number of aliphatic carboxylic acids is 1. The van der Waals surface area contributed by atoms with E-state index in [2.05, 4.69) is 5.32 Å². The van der Waals surface area contributed by atoms with Crippen LogP contribution in [0.25, 0.3) is 0 Å². The monoisotopic (exact) mass is 329 g/mol. The quantitative estimate of drug-likeness (QED) is 0.726. The molecule has 0 bridgehead atoms. The van der Waals surface area contributed by atoms with E-state index in [0.29, 0.717) is 0 Å². The van der Waals surface area contributed by atoms with Gasteiger partial charge in [0.15, 0.2) is 9.84 Å². The van der Waals surface area contributed by atoms with Crippen molar-refractivity contribution >= 4 is 21.7 Å². The van der Waals surface area contributed by atoms with Crippen LogP contribution in [-0.2, 0) is 19.4 Å². The number of hydrogen-bond donors (Lipinski definition) is 2. The van der Waals surface area contributed by atoms with Crippen molar-refractivity contribution in [2.75, 3.05) is 19.5 Å². The summed E-state index contributed by atoms with van der Waals surface area (Å²) in [5, 5.41) is 11.3. The third kappa shape index (κ3) is 4.81. The lowest BCUT2D eigenvalue weighted by molar-refractivity contribution is -0.139. The molecule has 0 radical (unpaired) electrons. The number of carboxylic acids is 1. The van der Waals surface area contributed by atoms with Crippen molar-refractivity contribution < 1.29 is 27.9 Å². The van der Waals surface area contributed by atoms with Crippen LogP contribution in [-0.4, -0.2) is 50.9 Å². The molecular formula is C14H19NO6S. The van der Waals surface area contributed by atoms with Gasteiger partial charge in [-0.05, 0) is 30.7 Å². The summed E-state index contributed by atoms with van der Waals surface area (Å²) >= 11 is 0. The van der Waals surface area contributed by atoms with E-state index < -0.39 is 27.8 Å². The van der Waals surface area contributed by atoms with Crippen LogP contribution in [0.4, 0.5) is 0 Å². The smallest absolute Gasteiger partial charge is 0.326 e. The number of amides is 1. The third-order valence-corrected chi connectivity index (χ3v) is 4.74. The largest absolute Gasteiger partial charge is 0.480 e. The minimum Gasteiger partial charge on any atom is -0.480 e. The Labute approximate surface area is 129 Å². The van der Waals surface area contributed by atoms with Crippen molar-refractivity contribution in [1.82, 2.24) is 5.32 Å². The van der Waals surface area contributed by atoms with Gasteiger partial charge in [0.05, 0.1) is 17.3 Å². The van der Waals surface area contributed by atoms with Gasteiger partial charge in [-0.1, -0.05) is 6.92 Å². The zero-order valence-corrected chi connectivity index (χ0v) is 13.2. The number of benzene rings is 1. The predicted molar refractivity (Wildman–Crippen MR) is 79.6 cm³/mol. The van der Waals surface area contributed by atoms with Crippen molar-refractivity contribution in [3.8, 4) is 0 Å². The second-order valence-electron chi connectivity index (χ2n) is 4.61. The molecule has 0 aliphatic heterocycles. The molecule has 0 fully saturated rings. The normalized spacial score (nSPS) is 12.6. The molecule has 0 aliphatic carbocycles. The number of hydrogen-bond acceptors (Lipinski definition) is 5. The van der Waals surface area contributed by atoms with Gasteiger partial charge in [0.2, 0.25) is 0 Å². The fourth-order valence-electron chi connectivity index (χ4n) is 1.70. The fraction of sp³-hybridized carbons (Fsp3) is 0.429. The number of carboxylic acid groups (broad SMARTS) is 1. The minimum atomic E-state index is -3.46. The summed E-state index contributed by atoms with van der Waals surface area (Å²) in [6.45, 7) is 1.73. The van der Waals surface area contributed by atoms with Gasteiger partial charge in [0, 0.05) is 12.7 Å². The summed E-state index contributed by atoms with van der Waals surface area (Å²) in [6, 6.07) is 4.37. The Morgan fingerprint density at radius 1 is 1.27 bits per heavy atom. The molecule has 122 valence electrons. The van der Waals surface area contributed by atoms with E-state index in [1.165, 1.54) is 31.4 Å². The summed E-state index contributed by atoms with van der Waals surface area (Å²) in [5.41, 5.74) is 0.199. The molecule has 1 aromatic carbocycles. The molecule has 2 N–H and O–H groups in total. The zero-order valence-electron chi connectivity index (χ0n) is 12.4. The van der Waals surface area contributed by atoms with Gasteiger partial charge in [0.25, 0.3) is 5.91 Å². The number of carbonyl (C=O) groups excluding carboxylic acids is 1. The Morgan fingerprint density at radius 2 is 1.86 bits per heavy atom. The highest BCUT2D eigenvalue weighted by molar-refractivity contribution is 7.91. The number of ether oxygens (including phenoxy) is 1. The first kappa shape index (κ1) is 18.1. The Bertz CT molecular complexity index is 623. The Kier molecular flexibility index (Phi) is 6.51. The highest BCUT2D eigenvalue weighted by atomic mass is 32.2. The maximum atomic E-state index is 11.9. The van der Waals surface area contributed by atoms with Gasteiger partial charge in [-0.3, -0.25) is 4.79 Å². The van der Waals surface area contributed by atoms with Gasteiger partial charge in [-0.2, -0.15) is 0 Å². The van der Waals surface area contributed by atoms with Crippen LogP contribution in [0.15, 0.2) is 29.2 Å². The molecule has 1 aromatic rings. The van der Waals surface area contributed by atoms with Crippen LogP contribution in [0.2, 0.25) is 0 Å². The van der Waals surface area contributed by atoms with Crippen LogP contribution in [0, 0.1) is 0 Å². The van der Waals surface area contributed by atoms with Gasteiger partial charge >= 0.3 is 5.97 Å². The van der Waals surface area contributed by atoms with Crippen LogP contribution < -0.4 is 5.32 Å². The summed E-state index contributed by atoms with van der Waals surface area (Å²) in [4.78, 5) is 22.9. The molecule has 22 heavy (non-hydrogen) atoms. The second kappa shape index (κ2) is 7.90. The first-order valence-electron chi connectivity index (χ1n) is 6.67. The third-order valence-electron chi connectivity index (χ3n) is 3.04. The predicted octanol–water partition coefficient (Wildman–Crippen LogP) is 0.700. The van der Waals surface area contributed by atoms with E-state index in [9.17, 15) is 18.0 Å². The summed E-state index contributed by atoms with van der Waals surface area (Å²) in [7, 11) is -2.04. The van der Waals surface area contributed by atoms with E-state index in [1.54, 1.807) is 6.92 Å². The van der Waals surface area contributed by atoms with Gasteiger partial charge < -0.3 is 15.2 Å². The molecule has 1 unspecified atom stereocenters. The molecule has 0 heterocycles. The van der Waals surface area contributed by atoms with Gasteiger partial charge in [0.1, 0.15) is 6.04 Å². The second-order valence-corrected chi connectivity index (χ2v) is 6.72. The molecule has 7 nitrogen and oxygen atoms in total. The molecule has 1 amide bonds. The minimum absolute atomic E-state index is 0.0847.